The smallest absolute Gasteiger partial charge is 0.364 e. The van der Waals surface area contributed by atoms with Gasteiger partial charge >= 0.3 is 6.18 Å². The lowest BCUT2D eigenvalue weighted by atomic mass is 10.1. The van der Waals surface area contributed by atoms with Gasteiger partial charge in [0.2, 0.25) is 10.0 Å². The highest BCUT2D eigenvalue weighted by atomic mass is 32.2. The molecule has 1 N–H and O–H groups in total. The van der Waals surface area contributed by atoms with Crippen LogP contribution in [0.3, 0.4) is 0 Å². The second-order valence-electron chi connectivity index (χ2n) is 7.20. The van der Waals surface area contributed by atoms with E-state index in [1.807, 2.05) is 31.2 Å². The number of hydrogen-bond donors (Lipinski definition) is 1. The van der Waals surface area contributed by atoms with Crippen molar-refractivity contribution < 1.29 is 21.6 Å². The van der Waals surface area contributed by atoms with E-state index in [9.17, 15) is 21.6 Å². The molecule has 4 rings (SSSR count). The van der Waals surface area contributed by atoms with Crippen molar-refractivity contribution >= 4 is 15.7 Å². The molecule has 0 amide bonds. The van der Waals surface area contributed by atoms with Gasteiger partial charge < -0.3 is 5.32 Å². The lowest BCUT2D eigenvalue weighted by molar-refractivity contribution is -0.137. The van der Waals surface area contributed by atoms with Gasteiger partial charge in [0, 0.05) is 6.54 Å². The van der Waals surface area contributed by atoms with Crippen LogP contribution in [0.2, 0.25) is 0 Å². The molecule has 0 unspecified atom stereocenters. The van der Waals surface area contributed by atoms with Gasteiger partial charge in [-0.3, -0.25) is 0 Å². The Morgan fingerprint density at radius 2 is 1.57 bits per heavy atom. The molecule has 8 heteroatoms. The molecule has 1 heterocycles. The second kappa shape index (κ2) is 7.45. The summed E-state index contributed by atoms with van der Waals surface area (Å²) < 4.78 is 66.9. The van der Waals surface area contributed by atoms with E-state index in [4.69, 9.17) is 0 Å². The summed E-state index contributed by atoms with van der Waals surface area (Å²) in [4.78, 5) is 0.139. The minimum absolute atomic E-state index is 0.0790. The minimum Gasteiger partial charge on any atom is -0.364 e. The summed E-state index contributed by atoms with van der Waals surface area (Å²) in [6, 6.07) is 18.5. The Morgan fingerprint density at radius 1 is 0.933 bits per heavy atom. The summed E-state index contributed by atoms with van der Waals surface area (Å²) in [6.07, 6.45) is -5.30. The Hall–Kier alpha value is -2.84. The predicted molar refractivity (Wildman–Crippen MR) is 108 cm³/mol. The molecule has 0 saturated carbocycles. The Morgan fingerprint density at radius 3 is 2.20 bits per heavy atom. The highest BCUT2D eigenvalue weighted by molar-refractivity contribution is 7.89. The number of nitrogens with zero attached hydrogens (tertiary/aromatic N) is 1. The van der Waals surface area contributed by atoms with Crippen LogP contribution in [0.5, 0.6) is 0 Å². The van der Waals surface area contributed by atoms with Crippen LogP contribution in [-0.4, -0.2) is 12.7 Å². The molecular weight excluding hydrogens is 413 g/mol. The number of benzene rings is 3. The van der Waals surface area contributed by atoms with E-state index in [1.165, 1.54) is 22.5 Å². The zero-order valence-corrected chi connectivity index (χ0v) is 16.8. The topological polar surface area (TPSA) is 49.4 Å². The summed E-state index contributed by atoms with van der Waals surface area (Å²) in [7, 11) is -3.88. The lowest BCUT2D eigenvalue weighted by Gasteiger charge is -2.37. The maximum atomic E-state index is 13.4. The van der Waals surface area contributed by atoms with Crippen LogP contribution in [0.4, 0.5) is 18.9 Å². The molecule has 0 fully saturated rings. The first-order chi connectivity index (χ1) is 14.2. The number of nitrogens with one attached hydrogen (secondary N) is 1. The van der Waals surface area contributed by atoms with Gasteiger partial charge in [0.1, 0.15) is 11.1 Å². The summed E-state index contributed by atoms with van der Waals surface area (Å²) in [5, 5.41) is 3.17. The first-order valence-electron chi connectivity index (χ1n) is 9.26. The number of anilines is 1. The van der Waals surface area contributed by atoms with Crippen molar-refractivity contribution in [3.63, 3.8) is 0 Å². The third kappa shape index (κ3) is 3.80. The normalized spacial score (nSPS) is 18.5. The van der Waals surface area contributed by atoms with E-state index in [-0.39, 0.29) is 11.4 Å². The predicted octanol–water partition coefficient (Wildman–Crippen LogP) is 5.33. The molecule has 30 heavy (non-hydrogen) atoms. The Labute approximate surface area is 173 Å². The van der Waals surface area contributed by atoms with E-state index >= 15 is 0 Å². The van der Waals surface area contributed by atoms with Crippen molar-refractivity contribution in [3.05, 3.63) is 95.1 Å². The zero-order valence-electron chi connectivity index (χ0n) is 16.0. The molecule has 3 aromatic carbocycles. The van der Waals surface area contributed by atoms with Crippen LogP contribution >= 0.6 is 0 Å². The van der Waals surface area contributed by atoms with Crippen LogP contribution in [0, 0.1) is 6.92 Å². The van der Waals surface area contributed by atoms with Gasteiger partial charge in [-0.2, -0.15) is 17.5 Å². The van der Waals surface area contributed by atoms with Crippen molar-refractivity contribution in [1.82, 2.24) is 4.31 Å². The average Bonchev–Trinajstić information content (AvgIpc) is 2.71. The number of alkyl halides is 3. The molecule has 0 bridgehead atoms. The minimum atomic E-state index is -4.46. The number of aryl methyl sites for hydroxylation is 1. The van der Waals surface area contributed by atoms with Crippen LogP contribution in [-0.2, 0) is 22.7 Å². The molecule has 1 aliphatic heterocycles. The summed E-state index contributed by atoms with van der Waals surface area (Å²) in [5.74, 6) is 0. The largest absolute Gasteiger partial charge is 0.416 e. The number of hydrogen-bond acceptors (Lipinski definition) is 3. The molecule has 0 aliphatic carbocycles. The van der Waals surface area contributed by atoms with E-state index < -0.39 is 27.9 Å². The maximum absolute atomic E-state index is 13.4. The Kier molecular flexibility index (Phi) is 5.07. The summed E-state index contributed by atoms with van der Waals surface area (Å²) >= 11 is 0. The summed E-state index contributed by atoms with van der Waals surface area (Å²) in [5.41, 5.74) is 1.89. The van der Waals surface area contributed by atoms with Gasteiger partial charge in [0.25, 0.3) is 0 Å². The molecule has 1 aliphatic rings. The molecule has 4 nitrogen and oxygen atoms in total. The van der Waals surface area contributed by atoms with Crippen molar-refractivity contribution in [1.29, 1.82) is 0 Å². The average molecular weight is 432 g/mol. The fourth-order valence-corrected chi connectivity index (χ4v) is 5.13. The molecular formula is C22H19F3N2O2S. The fourth-order valence-electron chi connectivity index (χ4n) is 3.45. The van der Waals surface area contributed by atoms with Gasteiger partial charge in [0.15, 0.2) is 0 Å². The van der Waals surface area contributed by atoms with Crippen molar-refractivity contribution in [2.45, 2.75) is 30.7 Å². The second-order valence-corrected chi connectivity index (χ2v) is 9.06. The third-order valence-electron chi connectivity index (χ3n) is 5.07. The van der Waals surface area contributed by atoms with Gasteiger partial charge in [0.05, 0.1) is 11.3 Å². The number of halogens is 3. The Balaban J connectivity index is 1.78. The molecule has 0 radical (unpaired) electrons. The van der Waals surface area contributed by atoms with E-state index in [2.05, 4.69) is 5.32 Å². The SMILES string of the molecule is Cc1ccc(CN2[C@H](c3ccc(C(F)(F)F)cc3)Nc3ccccc3S2(=O)=O)cc1. The van der Waals surface area contributed by atoms with Crippen molar-refractivity contribution in [2.75, 3.05) is 5.32 Å². The lowest BCUT2D eigenvalue weighted by Crippen LogP contribution is -2.42. The molecule has 0 spiro atoms. The number of fused-ring (bicyclic) bond motifs is 1. The van der Waals surface area contributed by atoms with Crippen molar-refractivity contribution in [3.8, 4) is 0 Å². The number of para-hydroxylation sites is 1. The van der Waals surface area contributed by atoms with E-state index in [1.54, 1.807) is 18.2 Å². The van der Waals surface area contributed by atoms with Crippen molar-refractivity contribution in [2.24, 2.45) is 0 Å². The van der Waals surface area contributed by atoms with E-state index in [0.717, 1.165) is 23.3 Å². The van der Waals surface area contributed by atoms with Gasteiger partial charge in [-0.25, -0.2) is 8.42 Å². The summed E-state index contributed by atoms with van der Waals surface area (Å²) in [6.45, 7) is 2.01. The van der Waals surface area contributed by atoms with Gasteiger partial charge in [-0.05, 0) is 42.3 Å². The first-order valence-corrected chi connectivity index (χ1v) is 10.7. The van der Waals surface area contributed by atoms with Crippen LogP contribution < -0.4 is 5.32 Å². The highest BCUT2D eigenvalue weighted by Crippen LogP contribution is 2.39. The van der Waals surface area contributed by atoms with Crippen LogP contribution in [0.15, 0.2) is 77.7 Å². The van der Waals surface area contributed by atoms with Crippen LogP contribution in [0.25, 0.3) is 0 Å². The first kappa shape index (κ1) is 20.4. The van der Waals surface area contributed by atoms with Gasteiger partial charge in [-0.1, -0.05) is 54.1 Å². The number of sulfonamides is 1. The molecule has 0 aromatic heterocycles. The zero-order chi connectivity index (χ0) is 21.5. The third-order valence-corrected chi connectivity index (χ3v) is 6.94. The van der Waals surface area contributed by atoms with E-state index in [0.29, 0.717) is 11.3 Å². The quantitative estimate of drug-likeness (QED) is 0.609. The molecule has 0 saturated heterocycles. The molecule has 3 aromatic rings. The molecule has 156 valence electrons. The van der Waals surface area contributed by atoms with Gasteiger partial charge in [-0.15, -0.1) is 0 Å². The standard InChI is InChI=1S/C22H19F3N2O2S/c1-15-6-8-16(9-7-15)14-27-21(17-10-12-18(13-11-17)22(23,24)25)26-19-4-2-3-5-20(19)30(27,28)29/h2-13,21,26H,14H2,1H3/t21-/m1/s1. The number of rotatable bonds is 3. The maximum Gasteiger partial charge on any atom is 0.416 e. The van der Waals surface area contributed by atoms with Crippen LogP contribution in [0.1, 0.15) is 28.4 Å². The fraction of sp³-hybridized carbons (Fsp3) is 0.182. The Bertz CT molecular complexity index is 1160. The monoisotopic (exact) mass is 432 g/mol. The highest BCUT2D eigenvalue weighted by Gasteiger charge is 2.39. The molecule has 1 atom stereocenters.